The molecule has 8 heteroatoms. The van der Waals surface area contributed by atoms with Gasteiger partial charge < -0.3 is 14.4 Å². The first-order chi connectivity index (χ1) is 12.3. The molecule has 7 nitrogen and oxygen atoms in total. The molecule has 1 aromatic rings. The second kappa shape index (κ2) is 9.23. The van der Waals surface area contributed by atoms with Crippen LogP contribution in [0, 0.1) is 0 Å². The van der Waals surface area contributed by atoms with Crippen LogP contribution in [-0.2, 0) is 21.4 Å². The van der Waals surface area contributed by atoms with Crippen LogP contribution < -0.4 is 9.47 Å². The summed E-state index contributed by atoms with van der Waals surface area (Å²) in [6.45, 7) is 1.90. The second-order valence-corrected chi connectivity index (χ2v) is 8.46. The fourth-order valence-corrected chi connectivity index (χ4v) is 3.87. The summed E-state index contributed by atoms with van der Waals surface area (Å²) in [5.74, 6) is 1.15. The molecular weight excluding hydrogens is 356 g/mol. The summed E-state index contributed by atoms with van der Waals surface area (Å²) in [4.78, 5) is 14.2. The highest BCUT2D eigenvalue weighted by atomic mass is 32.2. The third-order valence-corrected chi connectivity index (χ3v) is 5.81. The topological polar surface area (TPSA) is 76.2 Å². The Labute approximate surface area is 155 Å². The van der Waals surface area contributed by atoms with Gasteiger partial charge in [0.1, 0.15) is 0 Å². The van der Waals surface area contributed by atoms with E-state index in [1.165, 1.54) is 17.7 Å². The van der Waals surface area contributed by atoms with Crippen LogP contribution in [0.4, 0.5) is 0 Å². The Bertz CT molecular complexity index is 714. The first-order valence-electron chi connectivity index (χ1n) is 8.79. The number of hydrogen-bond donors (Lipinski definition) is 0. The van der Waals surface area contributed by atoms with Crippen LogP contribution in [0.5, 0.6) is 11.5 Å². The molecule has 0 aliphatic carbocycles. The summed E-state index contributed by atoms with van der Waals surface area (Å²) in [7, 11) is -0.351. The molecule has 0 unspecified atom stereocenters. The highest BCUT2D eigenvalue weighted by Gasteiger charge is 2.22. The molecule has 0 aromatic heterocycles. The number of nitrogens with zero attached hydrogens (tertiary/aromatic N) is 2. The molecule has 146 valence electrons. The highest BCUT2D eigenvalue weighted by molar-refractivity contribution is 7.88. The van der Waals surface area contributed by atoms with Gasteiger partial charge in [0.05, 0.1) is 20.5 Å². The van der Waals surface area contributed by atoms with Gasteiger partial charge in [0.25, 0.3) is 0 Å². The summed E-state index contributed by atoms with van der Waals surface area (Å²) in [5.41, 5.74) is 0.776. The lowest BCUT2D eigenvalue weighted by Crippen LogP contribution is -2.38. The van der Waals surface area contributed by atoms with Gasteiger partial charge in [-0.1, -0.05) is 6.07 Å². The van der Waals surface area contributed by atoms with Crippen molar-refractivity contribution >= 4 is 15.9 Å². The minimum atomic E-state index is -3.43. The smallest absolute Gasteiger partial charge is 0.223 e. The zero-order valence-corrected chi connectivity index (χ0v) is 16.5. The molecule has 1 heterocycles. The SMILES string of the molecule is COc1ccc(CN(CCC(=O)N2CCCCC2)S(C)(=O)=O)cc1OC. The standard InChI is InChI=1S/C18H28N2O5S/c1-24-16-8-7-15(13-17(16)25-2)14-20(26(3,22)23)12-9-18(21)19-10-5-4-6-11-19/h7-8,13H,4-6,9-12,14H2,1-3H3. The van der Waals surface area contributed by atoms with E-state index < -0.39 is 10.0 Å². The van der Waals surface area contributed by atoms with Crippen LogP contribution in [0.2, 0.25) is 0 Å². The minimum absolute atomic E-state index is 0.0191. The lowest BCUT2D eigenvalue weighted by molar-refractivity contribution is -0.132. The maximum Gasteiger partial charge on any atom is 0.223 e. The zero-order valence-electron chi connectivity index (χ0n) is 15.7. The third kappa shape index (κ3) is 5.60. The number of sulfonamides is 1. The van der Waals surface area contributed by atoms with E-state index in [1.54, 1.807) is 25.3 Å². The maximum atomic E-state index is 12.3. The Hall–Kier alpha value is -1.80. The van der Waals surface area contributed by atoms with E-state index >= 15 is 0 Å². The predicted octanol–water partition coefficient (Wildman–Crippen LogP) is 1.87. The Morgan fingerprint density at radius 3 is 2.35 bits per heavy atom. The van der Waals surface area contributed by atoms with E-state index in [0.29, 0.717) is 11.5 Å². The molecule has 0 radical (unpaired) electrons. The first-order valence-corrected chi connectivity index (χ1v) is 10.6. The normalized spacial score (nSPS) is 15.2. The number of piperidine rings is 1. The van der Waals surface area contributed by atoms with Gasteiger partial charge in [-0.15, -0.1) is 0 Å². The van der Waals surface area contributed by atoms with Crippen LogP contribution in [0.25, 0.3) is 0 Å². The van der Waals surface area contributed by atoms with E-state index in [1.807, 2.05) is 4.90 Å². The second-order valence-electron chi connectivity index (χ2n) is 6.48. The molecule has 0 bridgehead atoms. The van der Waals surface area contributed by atoms with E-state index in [4.69, 9.17) is 9.47 Å². The first kappa shape index (κ1) is 20.5. The summed E-state index contributed by atoms with van der Waals surface area (Å²) in [6, 6.07) is 5.29. The van der Waals surface area contributed by atoms with Gasteiger partial charge in [0, 0.05) is 32.6 Å². The fourth-order valence-electron chi connectivity index (χ4n) is 3.07. The number of amides is 1. The Morgan fingerprint density at radius 1 is 1.12 bits per heavy atom. The molecule has 1 aliphatic heterocycles. The van der Waals surface area contributed by atoms with Crippen molar-refractivity contribution in [2.75, 3.05) is 40.1 Å². The van der Waals surface area contributed by atoms with Gasteiger partial charge in [-0.05, 0) is 37.0 Å². The van der Waals surface area contributed by atoms with Crippen LogP contribution in [0.3, 0.4) is 0 Å². The zero-order chi connectivity index (χ0) is 19.2. The maximum absolute atomic E-state index is 12.3. The summed E-state index contributed by atoms with van der Waals surface area (Å²) in [5, 5.41) is 0. The lowest BCUT2D eigenvalue weighted by atomic mass is 10.1. The minimum Gasteiger partial charge on any atom is -0.493 e. The number of rotatable bonds is 8. The third-order valence-electron chi connectivity index (χ3n) is 4.56. The highest BCUT2D eigenvalue weighted by Crippen LogP contribution is 2.28. The van der Waals surface area contributed by atoms with E-state index in [-0.39, 0.29) is 25.4 Å². The van der Waals surface area contributed by atoms with Gasteiger partial charge >= 0.3 is 0 Å². The molecule has 1 aliphatic rings. The van der Waals surface area contributed by atoms with E-state index in [0.717, 1.165) is 37.9 Å². The van der Waals surface area contributed by atoms with Gasteiger partial charge in [-0.3, -0.25) is 4.79 Å². The number of carbonyl (C=O) groups is 1. The van der Waals surface area contributed by atoms with Crippen molar-refractivity contribution in [3.05, 3.63) is 23.8 Å². The Balaban J connectivity index is 2.04. The average Bonchev–Trinajstić information content (AvgIpc) is 2.64. The molecule has 26 heavy (non-hydrogen) atoms. The van der Waals surface area contributed by atoms with Gasteiger partial charge in [0.15, 0.2) is 11.5 Å². The van der Waals surface area contributed by atoms with Crippen molar-refractivity contribution in [1.29, 1.82) is 0 Å². The molecule has 1 saturated heterocycles. The molecule has 0 atom stereocenters. The van der Waals surface area contributed by atoms with Crippen molar-refractivity contribution in [2.45, 2.75) is 32.2 Å². The Morgan fingerprint density at radius 2 is 1.77 bits per heavy atom. The average molecular weight is 384 g/mol. The molecule has 0 saturated carbocycles. The number of ether oxygens (including phenoxy) is 2. The number of hydrogen-bond acceptors (Lipinski definition) is 5. The van der Waals surface area contributed by atoms with Crippen LogP contribution in [0.15, 0.2) is 18.2 Å². The van der Waals surface area contributed by atoms with Crippen LogP contribution >= 0.6 is 0 Å². The lowest BCUT2D eigenvalue weighted by Gasteiger charge is -2.28. The number of methoxy groups -OCH3 is 2. The van der Waals surface area contributed by atoms with Gasteiger partial charge in [-0.25, -0.2) is 8.42 Å². The molecule has 1 fully saturated rings. The monoisotopic (exact) mass is 384 g/mol. The summed E-state index contributed by atoms with van der Waals surface area (Å²) >= 11 is 0. The largest absolute Gasteiger partial charge is 0.493 e. The van der Waals surface area contributed by atoms with E-state index in [9.17, 15) is 13.2 Å². The van der Waals surface area contributed by atoms with Crippen LogP contribution in [-0.4, -0.2) is 63.6 Å². The number of likely N-dealkylation sites (tertiary alicyclic amines) is 1. The van der Waals surface area contributed by atoms with Gasteiger partial charge in [0.2, 0.25) is 15.9 Å². The van der Waals surface area contributed by atoms with Crippen molar-refractivity contribution in [3.8, 4) is 11.5 Å². The van der Waals surface area contributed by atoms with E-state index in [2.05, 4.69) is 0 Å². The molecule has 0 N–H and O–H groups in total. The Kier molecular flexibility index (Phi) is 7.28. The summed E-state index contributed by atoms with van der Waals surface area (Å²) < 4.78 is 36.1. The van der Waals surface area contributed by atoms with Crippen LogP contribution in [0.1, 0.15) is 31.2 Å². The van der Waals surface area contributed by atoms with Crippen molar-refractivity contribution < 1.29 is 22.7 Å². The van der Waals surface area contributed by atoms with Crippen molar-refractivity contribution in [3.63, 3.8) is 0 Å². The predicted molar refractivity (Wildman–Crippen MR) is 99.8 cm³/mol. The molecular formula is C18H28N2O5S. The molecule has 1 aromatic carbocycles. The molecule has 2 rings (SSSR count). The van der Waals surface area contributed by atoms with Gasteiger partial charge in [-0.2, -0.15) is 4.31 Å². The summed E-state index contributed by atoms with van der Waals surface area (Å²) in [6.07, 6.45) is 4.55. The molecule has 0 spiro atoms. The number of carbonyl (C=O) groups excluding carboxylic acids is 1. The van der Waals surface area contributed by atoms with Crippen molar-refractivity contribution in [2.24, 2.45) is 0 Å². The molecule has 1 amide bonds. The van der Waals surface area contributed by atoms with Crippen molar-refractivity contribution in [1.82, 2.24) is 9.21 Å². The quantitative estimate of drug-likeness (QED) is 0.684. The number of benzene rings is 1. The fraction of sp³-hybridized carbons (Fsp3) is 0.611.